The number of nitrogens with zero attached hydrogens (tertiary/aromatic N) is 3. The van der Waals surface area contributed by atoms with E-state index >= 15 is 0 Å². The molecule has 3 rings (SSSR count). The van der Waals surface area contributed by atoms with Crippen molar-refractivity contribution in [1.29, 1.82) is 0 Å². The lowest BCUT2D eigenvalue weighted by atomic mass is 10.1. The topological polar surface area (TPSA) is 120 Å². The van der Waals surface area contributed by atoms with E-state index in [1.165, 1.54) is 7.11 Å². The summed E-state index contributed by atoms with van der Waals surface area (Å²) in [5.74, 6) is 0.502. The zero-order chi connectivity index (χ0) is 21.5. The summed E-state index contributed by atoms with van der Waals surface area (Å²) < 4.78 is 45.0. The first kappa shape index (κ1) is 20.5. The number of nitro groups is 2. The maximum atomic E-state index is 13.1. The highest BCUT2D eigenvalue weighted by molar-refractivity contribution is 7.22. The van der Waals surface area contributed by atoms with E-state index in [0.717, 1.165) is 11.3 Å². The quantitative estimate of drug-likeness (QED) is 0.402. The third-order valence-electron chi connectivity index (χ3n) is 3.73. The van der Waals surface area contributed by atoms with Crippen LogP contribution in [0, 0.1) is 20.2 Å². The average Bonchev–Trinajstić information content (AvgIpc) is 3.01. The second kappa shape index (κ2) is 7.33. The number of hydrogen-bond acceptors (Lipinski definition) is 8. The van der Waals surface area contributed by atoms with Crippen molar-refractivity contribution in [1.82, 2.24) is 4.98 Å². The predicted octanol–water partition coefficient (Wildman–Crippen LogP) is 5.54. The highest BCUT2D eigenvalue weighted by atomic mass is 35.5. The Kier molecular flexibility index (Phi) is 5.19. The Morgan fingerprint density at radius 1 is 1.21 bits per heavy atom. The first-order valence-electron chi connectivity index (χ1n) is 7.47. The molecule has 152 valence electrons. The normalized spacial score (nSPS) is 11.5. The van der Waals surface area contributed by atoms with E-state index in [2.05, 4.69) is 10.3 Å². The number of anilines is 2. The van der Waals surface area contributed by atoms with Crippen LogP contribution in [0.5, 0.6) is 5.75 Å². The number of nitrogens with one attached hydrogen (secondary N) is 1. The predicted molar refractivity (Wildman–Crippen MR) is 99.2 cm³/mol. The van der Waals surface area contributed by atoms with Crippen LogP contribution in [0.2, 0.25) is 5.02 Å². The third kappa shape index (κ3) is 3.86. The van der Waals surface area contributed by atoms with Crippen LogP contribution < -0.4 is 10.1 Å². The minimum absolute atomic E-state index is 0.0183. The number of hydrogen-bond donors (Lipinski definition) is 1. The van der Waals surface area contributed by atoms with Gasteiger partial charge in [-0.2, -0.15) is 13.2 Å². The van der Waals surface area contributed by atoms with E-state index in [0.29, 0.717) is 16.0 Å². The second-order valence-corrected chi connectivity index (χ2v) is 6.88. The molecule has 0 amide bonds. The van der Waals surface area contributed by atoms with Crippen molar-refractivity contribution < 1.29 is 27.8 Å². The van der Waals surface area contributed by atoms with Crippen molar-refractivity contribution in [2.24, 2.45) is 0 Å². The molecule has 0 aliphatic rings. The Bertz CT molecular complexity index is 1150. The fourth-order valence-corrected chi connectivity index (χ4v) is 3.69. The van der Waals surface area contributed by atoms with Gasteiger partial charge in [0, 0.05) is 6.07 Å². The summed E-state index contributed by atoms with van der Waals surface area (Å²) in [6, 6.07) is 4.94. The van der Waals surface area contributed by atoms with Crippen LogP contribution in [0.1, 0.15) is 5.56 Å². The van der Waals surface area contributed by atoms with Gasteiger partial charge in [0.2, 0.25) is 0 Å². The number of rotatable bonds is 5. The molecule has 0 atom stereocenters. The maximum absolute atomic E-state index is 13.1. The van der Waals surface area contributed by atoms with Crippen molar-refractivity contribution in [3.05, 3.63) is 55.1 Å². The summed E-state index contributed by atoms with van der Waals surface area (Å²) in [5, 5.41) is 23.8. The molecule has 0 fully saturated rings. The molecule has 3 aromatic rings. The van der Waals surface area contributed by atoms with E-state index in [-0.39, 0.29) is 11.2 Å². The average molecular weight is 449 g/mol. The van der Waals surface area contributed by atoms with E-state index in [1.807, 2.05) is 0 Å². The Hall–Kier alpha value is -3.19. The first-order chi connectivity index (χ1) is 13.5. The van der Waals surface area contributed by atoms with Gasteiger partial charge in [-0.1, -0.05) is 22.9 Å². The molecular weight excluding hydrogens is 441 g/mol. The smallest absolute Gasteiger partial charge is 0.418 e. The Morgan fingerprint density at radius 2 is 1.90 bits per heavy atom. The Morgan fingerprint density at radius 3 is 2.45 bits per heavy atom. The standard InChI is InChI=1S/C15H8ClF3N4O5S/c1-28-6-2-3-8-10(4-6)29-14(20-8)21-12-9(22(24)25)5-7(15(17,18)19)11(16)13(12)23(26)27/h2-5H,1H3,(H,20,21). The van der Waals surface area contributed by atoms with Gasteiger partial charge >= 0.3 is 17.6 Å². The molecule has 1 N–H and O–H groups in total. The lowest BCUT2D eigenvalue weighted by Gasteiger charge is -2.12. The van der Waals surface area contributed by atoms with Crippen LogP contribution in [0.3, 0.4) is 0 Å². The van der Waals surface area contributed by atoms with Gasteiger partial charge in [0.15, 0.2) is 10.8 Å². The van der Waals surface area contributed by atoms with Crippen molar-refractivity contribution in [2.45, 2.75) is 6.18 Å². The monoisotopic (exact) mass is 448 g/mol. The van der Waals surface area contributed by atoms with Crippen LogP contribution in [-0.2, 0) is 6.18 Å². The molecule has 2 aromatic carbocycles. The number of nitro benzene ring substituents is 2. The largest absolute Gasteiger partial charge is 0.497 e. The van der Waals surface area contributed by atoms with Crippen LogP contribution in [-0.4, -0.2) is 21.9 Å². The molecule has 0 aliphatic carbocycles. The second-order valence-electron chi connectivity index (χ2n) is 5.47. The van der Waals surface area contributed by atoms with Crippen LogP contribution in [0.25, 0.3) is 10.2 Å². The van der Waals surface area contributed by atoms with Crippen LogP contribution in [0.15, 0.2) is 24.3 Å². The number of methoxy groups -OCH3 is 1. The number of ether oxygens (including phenoxy) is 1. The highest BCUT2D eigenvalue weighted by Gasteiger charge is 2.42. The molecule has 0 aliphatic heterocycles. The zero-order valence-electron chi connectivity index (χ0n) is 14.1. The first-order valence-corrected chi connectivity index (χ1v) is 8.66. The van der Waals surface area contributed by atoms with Crippen LogP contribution >= 0.6 is 22.9 Å². The van der Waals surface area contributed by atoms with E-state index in [9.17, 15) is 33.4 Å². The minimum atomic E-state index is -5.13. The van der Waals surface area contributed by atoms with Gasteiger partial charge in [-0.3, -0.25) is 20.2 Å². The minimum Gasteiger partial charge on any atom is -0.497 e. The maximum Gasteiger partial charge on any atom is 0.418 e. The van der Waals surface area contributed by atoms with Gasteiger partial charge in [-0.05, 0) is 18.2 Å². The molecule has 29 heavy (non-hydrogen) atoms. The van der Waals surface area contributed by atoms with Gasteiger partial charge in [0.05, 0.1) is 32.7 Å². The molecule has 0 radical (unpaired) electrons. The summed E-state index contributed by atoms with van der Waals surface area (Å²) in [4.78, 5) is 24.5. The lowest BCUT2D eigenvalue weighted by molar-refractivity contribution is -0.392. The van der Waals surface area contributed by atoms with Crippen molar-refractivity contribution >= 4 is 55.3 Å². The Labute approximate surface area is 168 Å². The number of fused-ring (bicyclic) bond motifs is 1. The van der Waals surface area contributed by atoms with Crippen molar-refractivity contribution in [3.63, 3.8) is 0 Å². The summed E-state index contributed by atoms with van der Waals surface area (Å²) in [6.45, 7) is 0. The molecule has 0 unspecified atom stereocenters. The van der Waals surface area contributed by atoms with Gasteiger partial charge < -0.3 is 10.1 Å². The van der Waals surface area contributed by atoms with E-state index < -0.39 is 43.7 Å². The molecule has 1 aromatic heterocycles. The summed E-state index contributed by atoms with van der Waals surface area (Å²) in [6.07, 6.45) is -5.13. The summed E-state index contributed by atoms with van der Waals surface area (Å²) in [7, 11) is 1.44. The SMILES string of the molecule is COc1ccc2nc(Nc3c([N+](=O)[O-])cc(C(F)(F)F)c(Cl)c3[N+](=O)[O-])sc2c1. The van der Waals surface area contributed by atoms with Gasteiger partial charge in [0.25, 0.3) is 0 Å². The Balaban J connectivity index is 2.21. The molecule has 0 bridgehead atoms. The summed E-state index contributed by atoms with van der Waals surface area (Å²) in [5.41, 5.74) is -4.47. The molecule has 1 heterocycles. The number of thiazole rings is 1. The molecule has 0 saturated heterocycles. The van der Waals surface area contributed by atoms with Gasteiger partial charge in [-0.25, -0.2) is 4.98 Å². The molecule has 0 spiro atoms. The fraction of sp³-hybridized carbons (Fsp3) is 0.133. The van der Waals surface area contributed by atoms with Crippen molar-refractivity contribution in [2.75, 3.05) is 12.4 Å². The number of aromatic nitrogens is 1. The molecule has 0 saturated carbocycles. The van der Waals surface area contributed by atoms with Gasteiger partial charge in [-0.15, -0.1) is 0 Å². The van der Waals surface area contributed by atoms with Gasteiger partial charge in [0.1, 0.15) is 10.8 Å². The highest BCUT2D eigenvalue weighted by Crippen LogP contribution is 2.48. The van der Waals surface area contributed by atoms with E-state index in [1.54, 1.807) is 18.2 Å². The molecule has 14 heteroatoms. The summed E-state index contributed by atoms with van der Waals surface area (Å²) >= 11 is 6.56. The van der Waals surface area contributed by atoms with Crippen molar-refractivity contribution in [3.8, 4) is 5.75 Å². The lowest BCUT2D eigenvalue weighted by Crippen LogP contribution is -2.11. The molecule has 9 nitrogen and oxygen atoms in total. The number of benzene rings is 2. The fourth-order valence-electron chi connectivity index (χ4n) is 2.47. The molecular formula is C15H8ClF3N4O5S. The number of alkyl halides is 3. The zero-order valence-corrected chi connectivity index (χ0v) is 15.7. The van der Waals surface area contributed by atoms with Crippen LogP contribution in [0.4, 0.5) is 35.4 Å². The van der Waals surface area contributed by atoms with E-state index in [4.69, 9.17) is 16.3 Å². The number of halogens is 4. The third-order valence-corrected chi connectivity index (χ3v) is 5.05.